The molecule has 1 atom stereocenters. The number of hydrogen-bond acceptors (Lipinski definition) is 3. The number of H-pyrrole nitrogens is 1. The van der Waals surface area contributed by atoms with Crippen LogP contribution in [0.1, 0.15) is 24.5 Å². The van der Waals surface area contributed by atoms with E-state index < -0.39 is 0 Å². The number of thiophene rings is 1. The lowest BCUT2D eigenvalue weighted by Gasteiger charge is -2.15. The summed E-state index contributed by atoms with van der Waals surface area (Å²) >= 11 is 1.82. The standard InChI is InChI=1S/C21H27N5S/c1-3-22-21(24-13-16(2)12-18-10-7-11-27-18)25-15-20-23-14-19(26-20)17-8-5-4-6-9-17/h4-11,14,16H,3,12-13,15H2,1-2H3,(H,23,26)(H2,22,24,25). The zero-order chi connectivity index (χ0) is 18.9. The molecular weight excluding hydrogens is 354 g/mol. The number of hydrogen-bond donors (Lipinski definition) is 3. The van der Waals surface area contributed by atoms with Crippen LogP contribution in [0.3, 0.4) is 0 Å². The SMILES string of the molecule is CCNC(=NCc1ncc(-c2ccccc2)[nH]1)NCC(C)Cc1cccs1. The number of benzene rings is 1. The summed E-state index contributed by atoms with van der Waals surface area (Å²) in [6, 6.07) is 14.5. The predicted molar refractivity (Wildman–Crippen MR) is 114 cm³/mol. The second-order valence-corrected chi connectivity index (χ2v) is 7.61. The van der Waals surface area contributed by atoms with Gasteiger partial charge in [-0.05, 0) is 36.3 Å². The van der Waals surface area contributed by atoms with Crippen molar-refractivity contribution in [2.45, 2.75) is 26.8 Å². The summed E-state index contributed by atoms with van der Waals surface area (Å²) in [6.07, 6.45) is 2.95. The molecule has 0 spiro atoms. The van der Waals surface area contributed by atoms with E-state index in [-0.39, 0.29) is 0 Å². The topological polar surface area (TPSA) is 65.1 Å². The molecule has 2 heterocycles. The molecule has 3 rings (SSSR count). The highest BCUT2D eigenvalue weighted by molar-refractivity contribution is 7.09. The molecule has 0 amide bonds. The van der Waals surface area contributed by atoms with Crippen LogP contribution in [0.5, 0.6) is 0 Å². The van der Waals surface area contributed by atoms with E-state index in [1.165, 1.54) is 4.88 Å². The van der Waals surface area contributed by atoms with E-state index >= 15 is 0 Å². The Morgan fingerprint density at radius 2 is 2.04 bits per heavy atom. The van der Waals surface area contributed by atoms with Crippen molar-refractivity contribution in [2.24, 2.45) is 10.9 Å². The first-order chi connectivity index (χ1) is 13.2. The Labute approximate surface area is 165 Å². The van der Waals surface area contributed by atoms with Gasteiger partial charge in [-0.15, -0.1) is 11.3 Å². The average molecular weight is 382 g/mol. The van der Waals surface area contributed by atoms with Gasteiger partial charge in [-0.25, -0.2) is 9.98 Å². The highest BCUT2D eigenvalue weighted by atomic mass is 32.1. The molecule has 0 radical (unpaired) electrons. The third-order valence-corrected chi connectivity index (χ3v) is 5.09. The summed E-state index contributed by atoms with van der Waals surface area (Å²) in [7, 11) is 0. The number of guanidine groups is 1. The number of aromatic amines is 1. The summed E-state index contributed by atoms with van der Waals surface area (Å²) in [6.45, 7) is 6.57. The summed E-state index contributed by atoms with van der Waals surface area (Å²) in [4.78, 5) is 13.9. The third-order valence-electron chi connectivity index (χ3n) is 4.19. The van der Waals surface area contributed by atoms with Gasteiger partial charge in [0.15, 0.2) is 5.96 Å². The van der Waals surface area contributed by atoms with E-state index in [0.717, 1.165) is 42.6 Å². The van der Waals surface area contributed by atoms with Crippen LogP contribution in [0.2, 0.25) is 0 Å². The number of aliphatic imine (C=N–C) groups is 1. The number of rotatable bonds is 8. The van der Waals surface area contributed by atoms with Crippen LogP contribution in [-0.2, 0) is 13.0 Å². The molecule has 0 aliphatic heterocycles. The zero-order valence-electron chi connectivity index (χ0n) is 15.9. The Bertz CT molecular complexity index is 823. The van der Waals surface area contributed by atoms with E-state index in [1.807, 2.05) is 35.7 Å². The molecule has 0 bridgehead atoms. The molecule has 1 aromatic carbocycles. The van der Waals surface area contributed by atoms with Gasteiger partial charge in [0.2, 0.25) is 0 Å². The molecule has 0 aliphatic rings. The van der Waals surface area contributed by atoms with E-state index in [1.54, 1.807) is 0 Å². The van der Waals surface area contributed by atoms with E-state index in [9.17, 15) is 0 Å². The normalized spacial score (nSPS) is 12.7. The fourth-order valence-corrected chi connectivity index (χ4v) is 3.69. The van der Waals surface area contributed by atoms with Crippen molar-refractivity contribution in [3.05, 3.63) is 64.7 Å². The zero-order valence-corrected chi connectivity index (χ0v) is 16.7. The Hall–Kier alpha value is -2.60. The lowest BCUT2D eigenvalue weighted by Crippen LogP contribution is -2.39. The van der Waals surface area contributed by atoms with Crippen molar-refractivity contribution in [3.63, 3.8) is 0 Å². The summed E-state index contributed by atoms with van der Waals surface area (Å²) in [5, 5.41) is 8.88. The van der Waals surface area contributed by atoms with Crippen molar-refractivity contribution in [2.75, 3.05) is 13.1 Å². The molecule has 5 nitrogen and oxygen atoms in total. The van der Waals surface area contributed by atoms with Gasteiger partial charge in [0.25, 0.3) is 0 Å². The largest absolute Gasteiger partial charge is 0.357 e. The highest BCUT2D eigenvalue weighted by Crippen LogP contribution is 2.16. The van der Waals surface area contributed by atoms with E-state index in [4.69, 9.17) is 0 Å². The highest BCUT2D eigenvalue weighted by Gasteiger charge is 2.07. The van der Waals surface area contributed by atoms with Crippen molar-refractivity contribution < 1.29 is 0 Å². The third kappa shape index (κ3) is 5.96. The molecule has 3 aromatic rings. The fraction of sp³-hybridized carbons (Fsp3) is 0.333. The molecule has 0 saturated heterocycles. The van der Waals surface area contributed by atoms with Crippen LogP contribution in [-0.4, -0.2) is 29.0 Å². The van der Waals surface area contributed by atoms with Gasteiger partial charge in [0, 0.05) is 18.0 Å². The predicted octanol–water partition coefficient (Wildman–Crippen LogP) is 4.07. The maximum absolute atomic E-state index is 4.66. The van der Waals surface area contributed by atoms with Gasteiger partial charge < -0.3 is 15.6 Å². The van der Waals surface area contributed by atoms with Crippen molar-refractivity contribution in [1.82, 2.24) is 20.6 Å². The monoisotopic (exact) mass is 381 g/mol. The Morgan fingerprint density at radius 3 is 2.78 bits per heavy atom. The summed E-state index contributed by atoms with van der Waals surface area (Å²) < 4.78 is 0. The molecule has 1 unspecified atom stereocenters. The van der Waals surface area contributed by atoms with Gasteiger partial charge in [0.1, 0.15) is 12.4 Å². The minimum Gasteiger partial charge on any atom is -0.357 e. The van der Waals surface area contributed by atoms with Crippen LogP contribution in [0.4, 0.5) is 0 Å². The minimum absolute atomic E-state index is 0.515. The van der Waals surface area contributed by atoms with Gasteiger partial charge in [0.05, 0.1) is 11.9 Å². The van der Waals surface area contributed by atoms with E-state index in [0.29, 0.717) is 12.5 Å². The first-order valence-electron chi connectivity index (χ1n) is 9.38. The van der Waals surface area contributed by atoms with Gasteiger partial charge in [-0.2, -0.15) is 0 Å². The summed E-state index contributed by atoms with van der Waals surface area (Å²) in [5.74, 6) is 2.23. The second kappa shape index (κ2) is 9.92. The average Bonchev–Trinajstić information content (AvgIpc) is 3.37. The number of imidazole rings is 1. The molecule has 3 N–H and O–H groups in total. The molecular formula is C21H27N5S. The molecule has 0 fully saturated rings. The number of aromatic nitrogens is 2. The van der Waals surface area contributed by atoms with Crippen molar-refractivity contribution in [3.8, 4) is 11.3 Å². The van der Waals surface area contributed by atoms with Gasteiger partial charge in [-0.1, -0.05) is 43.3 Å². The Balaban J connectivity index is 1.55. The van der Waals surface area contributed by atoms with Crippen LogP contribution < -0.4 is 10.6 Å². The maximum atomic E-state index is 4.66. The Kier molecular flexibility index (Phi) is 7.04. The lowest BCUT2D eigenvalue weighted by atomic mass is 10.1. The van der Waals surface area contributed by atoms with Gasteiger partial charge in [-0.3, -0.25) is 0 Å². The molecule has 142 valence electrons. The summed E-state index contributed by atoms with van der Waals surface area (Å²) in [5.41, 5.74) is 2.15. The number of nitrogens with zero attached hydrogens (tertiary/aromatic N) is 2. The molecule has 2 aromatic heterocycles. The first-order valence-corrected chi connectivity index (χ1v) is 10.3. The van der Waals surface area contributed by atoms with Crippen LogP contribution >= 0.6 is 11.3 Å². The van der Waals surface area contributed by atoms with Gasteiger partial charge >= 0.3 is 0 Å². The lowest BCUT2D eigenvalue weighted by molar-refractivity contribution is 0.562. The second-order valence-electron chi connectivity index (χ2n) is 6.57. The molecule has 6 heteroatoms. The van der Waals surface area contributed by atoms with Crippen LogP contribution in [0, 0.1) is 5.92 Å². The quantitative estimate of drug-likeness (QED) is 0.407. The molecule has 27 heavy (non-hydrogen) atoms. The fourth-order valence-electron chi connectivity index (χ4n) is 2.82. The molecule has 0 aliphatic carbocycles. The maximum Gasteiger partial charge on any atom is 0.191 e. The molecule has 0 saturated carbocycles. The number of nitrogens with one attached hydrogen (secondary N) is 3. The van der Waals surface area contributed by atoms with Crippen LogP contribution in [0.15, 0.2) is 59.0 Å². The van der Waals surface area contributed by atoms with Crippen molar-refractivity contribution in [1.29, 1.82) is 0 Å². The Morgan fingerprint density at radius 1 is 1.19 bits per heavy atom. The minimum atomic E-state index is 0.515. The smallest absolute Gasteiger partial charge is 0.191 e. The first kappa shape index (κ1) is 19.2. The van der Waals surface area contributed by atoms with E-state index in [2.05, 4.69) is 69.1 Å². The van der Waals surface area contributed by atoms with Crippen molar-refractivity contribution >= 4 is 17.3 Å². The van der Waals surface area contributed by atoms with Crippen LogP contribution in [0.25, 0.3) is 11.3 Å².